The predicted octanol–water partition coefficient (Wildman–Crippen LogP) is 3.90. The van der Waals surface area contributed by atoms with Crippen LogP contribution in [-0.4, -0.2) is 12.6 Å². The maximum absolute atomic E-state index is 3.43. The molecule has 0 atom stereocenters. The molecule has 0 aromatic rings. The summed E-state index contributed by atoms with van der Waals surface area (Å²) < 4.78 is 0. The van der Waals surface area contributed by atoms with Gasteiger partial charge in [0, 0.05) is 6.04 Å². The molecule has 1 saturated carbocycles. The Labute approximate surface area is 95.3 Å². The topological polar surface area (TPSA) is 12.0 Å². The fraction of sp³-hybridized carbons (Fsp3) is 0.857. The first kappa shape index (κ1) is 12.8. The lowest BCUT2D eigenvalue weighted by Crippen LogP contribution is -2.23. The molecule has 0 radical (unpaired) electrons. The van der Waals surface area contributed by atoms with E-state index in [1.165, 1.54) is 44.9 Å². The molecule has 0 bridgehead atoms. The van der Waals surface area contributed by atoms with Crippen LogP contribution in [0.3, 0.4) is 0 Å². The van der Waals surface area contributed by atoms with Crippen molar-refractivity contribution in [1.29, 1.82) is 0 Å². The van der Waals surface area contributed by atoms with E-state index in [1.54, 1.807) is 0 Å². The molecule has 0 unspecified atom stereocenters. The van der Waals surface area contributed by atoms with Crippen molar-refractivity contribution in [1.82, 2.24) is 5.32 Å². The molecule has 0 spiro atoms. The zero-order valence-corrected chi connectivity index (χ0v) is 10.5. The molecular formula is C14H27N. The van der Waals surface area contributed by atoms with Crippen LogP contribution >= 0.6 is 0 Å². The van der Waals surface area contributed by atoms with Crippen molar-refractivity contribution in [3.8, 4) is 0 Å². The Balaban J connectivity index is 1.96. The smallest absolute Gasteiger partial charge is 0.00105 e. The highest BCUT2D eigenvalue weighted by molar-refractivity contribution is 4.85. The summed E-state index contributed by atoms with van der Waals surface area (Å²) in [5.74, 6) is 0.994. The molecule has 1 heteroatoms. The van der Waals surface area contributed by atoms with E-state index in [2.05, 4.69) is 31.3 Å². The van der Waals surface area contributed by atoms with E-state index in [0.29, 0.717) is 6.04 Å². The summed E-state index contributed by atoms with van der Waals surface area (Å²) >= 11 is 0. The monoisotopic (exact) mass is 209 g/mol. The van der Waals surface area contributed by atoms with Gasteiger partial charge in [-0.3, -0.25) is 0 Å². The average Bonchev–Trinajstić information content (AvgIpc) is 2.24. The van der Waals surface area contributed by atoms with Crippen molar-refractivity contribution < 1.29 is 0 Å². The Hall–Kier alpha value is -0.300. The van der Waals surface area contributed by atoms with Crippen molar-refractivity contribution in [3.05, 3.63) is 12.2 Å². The van der Waals surface area contributed by atoms with E-state index in [9.17, 15) is 0 Å². The van der Waals surface area contributed by atoms with Gasteiger partial charge in [-0.15, -0.1) is 0 Å². The van der Waals surface area contributed by atoms with E-state index in [4.69, 9.17) is 0 Å². The second-order valence-electron chi connectivity index (χ2n) is 5.11. The van der Waals surface area contributed by atoms with E-state index in [1.807, 2.05) is 0 Å². The third-order valence-electron chi connectivity index (χ3n) is 3.22. The maximum atomic E-state index is 3.43. The van der Waals surface area contributed by atoms with Crippen molar-refractivity contribution >= 4 is 0 Å². The Morgan fingerprint density at radius 2 is 1.87 bits per heavy atom. The third kappa shape index (κ3) is 6.72. The van der Waals surface area contributed by atoms with Gasteiger partial charge in [-0.25, -0.2) is 0 Å². The lowest BCUT2D eigenvalue weighted by atomic mass is 9.87. The Bertz CT molecular complexity index is 166. The summed E-state index contributed by atoms with van der Waals surface area (Å²) in [6.45, 7) is 5.52. The standard InChI is InChI=1S/C14H27N/c1-13(2)15-12-8-4-7-11-14-9-5-3-6-10-14/h4,7,13-15H,3,5-6,8-12H2,1-2H3. The van der Waals surface area contributed by atoms with Crippen LogP contribution in [0.15, 0.2) is 12.2 Å². The minimum atomic E-state index is 0.622. The van der Waals surface area contributed by atoms with Gasteiger partial charge < -0.3 is 5.32 Å². The van der Waals surface area contributed by atoms with Crippen molar-refractivity contribution in [3.63, 3.8) is 0 Å². The van der Waals surface area contributed by atoms with Gasteiger partial charge in [0.25, 0.3) is 0 Å². The average molecular weight is 209 g/mol. The quantitative estimate of drug-likeness (QED) is 0.517. The van der Waals surface area contributed by atoms with Crippen LogP contribution in [0, 0.1) is 5.92 Å². The molecular weight excluding hydrogens is 182 g/mol. The zero-order chi connectivity index (χ0) is 10.9. The van der Waals surface area contributed by atoms with Crippen LogP contribution in [0.1, 0.15) is 58.8 Å². The lowest BCUT2D eigenvalue weighted by molar-refractivity contribution is 0.361. The molecule has 0 saturated heterocycles. The first-order valence-electron chi connectivity index (χ1n) is 6.67. The van der Waals surface area contributed by atoms with Crippen molar-refractivity contribution in [2.75, 3.05) is 6.54 Å². The van der Waals surface area contributed by atoms with Crippen LogP contribution in [0.4, 0.5) is 0 Å². The van der Waals surface area contributed by atoms with Gasteiger partial charge in [0.1, 0.15) is 0 Å². The SMILES string of the molecule is CC(C)NCCC=CCC1CCCCC1. The highest BCUT2D eigenvalue weighted by atomic mass is 14.9. The molecule has 1 fully saturated rings. The number of nitrogens with one attached hydrogen (secondary N) is 1. The molecule has 0 amide bonds. The summed E-state index contributed by atoms with van der Waals surface area (Å²) in [4.78, 5) is 0. The summed E-state index contributed by atoms with van der Waals surface area (Å²) in [6, 6.07) is 0.622. The molecule has 0 aromatic carbocycles. The molecule has 15 heavy (non-hydrogen) atoms. The Morgan fingerprint density at radius 3 is 2.53 bits per heavy atom. The zero-order valence-electron chi connectivity index (χ0n) is 10.5. The van der Waals surface area contributed by atoms with Crippen LogP contribution in [0.2, 0.25) is 0 Å². The largest absolute Gasteiger partial charge is 0.314 e. The number of hydrogen-bond donors (Lipinski definition) is 1. The lowest BCUT2D eigenvalue weighted by Gasteiger charge is -2.19. The van der Waals surface area contributed by atoms with Crippen molar-refractivity contribution in [2.24, 2.45) is 5.92 Å². The molecule has 1 aliphatic carbocycles. The first-order valence-corrected chi connectivity index (χ1v) is 6.67. The van der Waals surface area contributed by atoms with Gasteiger partial charge in [-0.1, -0.05) is 58.1 Å². The molecule has 1 nitrogen and oxygen atoms in total. The fourth-order valence-corrected chi connectivity index (χ4v) is 2.28. The normalized spacial score (nSPS) is 19.1. The van der Waals surface area contributed by atoms with Gasteiger partial charge in [0.15, 0.2) is 0 Å². The van der Waals surface area contributed by atoms with Gasteiger partial charge in [-0.05, 0) is 25.3 Å². The highest BCUT2D eigenvalue weighted by Crippen LogP contribution is 2.26. The van der Waals surface area contributed by atoms with Crippen LogP contribution < -0.4 is 5.32 Å². The molecule has 1 aliphatic rings. The van der Waals surface area contributed by atoms with Crippen molar-refractivity contribution in [2.45, 2.75) is 64.8 Å². The van der Waals surface area contributed by atoms with Crippen LogP contribution in [0.5, 0.6) is 0 Å². The number of hydrogen-bond acceptors (Lipinski definition) is 1. The number of rotatable bonds is 6. The molecule has 0 aliphatic heterocycles. The van der Waals surface area contributed by atoms with E-state index < -0.39 is 0 Å². The van der Waals surface area contributed by atoms with E-state index in [0.717, 1.165) is 12.5 Å². The molecule has 1 N–H and O–H groups in total. The minimum absolute atomic E-state index is 0.622. The van der Waals surface area contributed by atoms with Gasteiger partial charge >= 0.3 is 0 Å². The minimum Gasteiger partial charge on any atom is -0.314 e. The summed E-state index contributed by atoms with van der Waals surface area (Å²) in [7, 11) is 0. The predicted molar refractivity (Wildman–Crippen MR) is 68.1 cm³/mol. The van der Waals surface area contributed by atoms with E-state index in [-0.39, 0.29) is 0 Å². The Morgan fingerprint density at radius 1 is 1.13 bits per heavy atom. The molecule has 1 rings (SSSR count). The van der Waals surface area contributed by atoms with Gasteiger partial charge in [-0.2, -0.15) is 0 Å². The maximum Gasteiger partial charge on any atom is 0.00105 e. The summed E-state index contributed by atoms with van der Waals surface area (Å²) in [5.41, 5.74) is 0. The highest BCUT2D eigenvalue weighted by Gasteiger charge is 2.10. The molecule has 0 aromatic heterocycles. The van der Waals surface area contributed by atoms with Gasteiger partial charge in [0.2, 0.25) is 0 Å². The first-order chi connectivity index (χ1) is 7.29. The number of allylic oxidation sites excluding steroid dienone is 1. The summed E-state index contributed by atoms with van der Waals surface area (Å²) in [6.07, 6.45) is 14.6. The second-order valence-corrected chi connectivity index (χ2v) is 5.11. The van der Waals surface area contributed by atoms with E-state index >= 15 is 0 Å². The fourth-order valence-electron chi connectivity index (χ4n) is 2.28. The van der Waals surface area contributed by atoms with Gasteiger partial charge in [0.05, 0.1) is 0 Å². The second kappa shape index (κ2) is 7.92. The Kier molecular flexibility index (Phi) is 6.74. The van der Waals surface area contributed by atoms with Crippen LogP contribution in [0.25, 0.3) is 0 Å². The van der Waals surface area contributed by atoms with Crippen LogP contribution in [-0.2, 0) is 0 Å². The molecule has 88 valence electrons. The summed E-state index contributed by atoms with van der Waals surface area (Å²) in [5, 5.41) is 3.43. The third-order valence-corrected chi connectivity index (χ3v) is 3.22. The molecule has 0 heterocycles.